The predicted molar refractivity (Wildman–Crippen MR) is 76.3 cm³/mol. The first-order chi connectivity index (χ1) is 9.22. The first kappa shape index (κ1) is 13.6. The Bertz CT molecular complexity index is 540. The number of hydrogen-bond acceptors (Lipinski definition) is 7. The third-order valence-electron chi connectivity index (χ3n) is 2.48. The third-order valence-corrected chi connectivity index (χ3v) is 3.03. The largest absolute Gasteiger partial charge is 0.370 e. The number of anilines is 2. The van der Waals surface area contributed by atoms with E-state index in [9.17, 15) is 0 Å². The van der Waals surface area contributed by atoms with Crippen LogP contribution in [0.1, 0.15) is 12.7 Å². The molecule has 8 heteroatoms. The zero-order valence-corrected chi connectivity index (χ0v) is 12.0. The van der Waals surface area contributed by atoms with Gasteiger partial charge in [0.2, 0.25) is 0 Å². The van der Waals surface area contributed by atoms with Crippen LogP contribution in [0.2, 0.25) is 0 Å². The van der Waals surface area contributed by atoms with Crippen LogP contribution in [0, 0.1) is 0 Å². The highest BCUT2D eigenvalue weighted by Gasteiger charge is 2.05. The molecule has 0 amide bonds. The second kappa shape index (κ2) is 6.37. The van der Waals surface area contributed by atoms with Crippen molar-refractivity contribution in [2.75, 3.05) is 23.4 Å². The van der Waals surface area contributed by atoms with E-state index in [2.05, 4.69) is 30.8 Å². The summed E-state index contributed by atoms with van der Waals surface area (Å²) >= 11 is 1.51. The molecule has 0 saturated carbocycles. The number of rotatable bonds is 6. The summed E-state index contributed by atoms with van der Waals surface area (Å²) in [7, 11) is 1.91. The predicted octanol–water partition coefficient (Wildman–Crippen LogP) is 1.37. The van der Waals surface area contributed by atoms with Gasteiger partial charge in [0.1, 0.15) is 18.0 Å². The van der Waals surface area contributed by atoms with Crippen molar-refractivity contribution >= 4 is 23.4 Å². The summed E-state index contributed by atoms with van der Waals surface area (Å²) in [6, 6.07) is 1.89. The van der Waals surface area contributed by atoms with Gasteiger partial charge in [-0.1, -0.05) is 11.8 Å². The summed E-state index contributed by atoms with van der Waals surface area (Å²) in [6.07, 6.45) is 3.63. The Labute approximate surface area is 116 Å². The topological polar surface area (TPSA) is 80.5 Å². The van der Waals surface area contributed by atoms with Gasteiger partial charge in [0.05, 0.1) is 6.54 Å². The van der Waals surface area contributed by atoms with Gasteiger partial charge in [-0.15, -0.1) is 10.2 Å². The van der Waals surface area contributed by atoms with Gasteiger partial charge in [-0.25, -0.2) is 9.97 Å². The van der Waals surface area contributed by atoms with E-state index in [1.165, 1.54) is 11.8 Å². The van der Waals surface area contributed by atoms with Crippen LogP contribution in [0.3, 0.4) is 0 Å². The Morgan fingerprint density at radius 3 is 2.58 bits per heavy atom. The van der Waals surface area contributed by atoms with Gasteiger partial charge in [0.25, 0.3) is 0 Å². The van der Waals surface area contributed by atoms with E-state index >= 15 is 0 Å². The molecule has 2 N–H and O–H groups in total. The van der Waals surface area contributed by atoms with Crippen molar-refractivity contribution in [1.29, 1.82) is 0 Å². The molecule has 2 aromatic rings. The van der Waals surface area contributed by atoms with E-state index in [0.717, 1.165) is 29.2 Å². The van der Waals surface area contributed by atoms with E-state index in [1.54, 1.807) is 6.33 Å². The molecule has 0 unspecified atom stereocenters. The number of aryl methyl sites for hydroxylation is 1. The Hall–Kier alpha value is -1.83. The van der Waals surface area contributed by atoms with Crippen molar-refractivity contribution in [3.05, 3.63) is 18.2 Å². The van der Waals surface area contributed by atoms with E-state index in [4.69, 9.17) is 0 Å². The maximum Gasteiger partial charge on any atom is 0.191 e. The first-order valence-electron chi connectivity index (χ1n) is 5.96. The molecular formula is C11H17N7S. The standard InChI is InChI=1S/C11H17N7S/c1-4-12-8-5-9(16-11(15-8)19-3)13-6-10-17-14-7-18(10)2/h5,7H,4,6H2,1-3H3,(H2,12,13,15,16). The normalized spacial score (nSPS) is 10.5. The van der Waals surface area contributed by atoms with E-state index in [0.29, 0.717) is 6.54 Å². The summed E-state index contributed by atoms with van der Waals surface area (Å²) in [6.45, 7) is 3.44. The molecular weight excluding hydrogens is 262 g/mol. The molecule has 0 bridgehead atoms. The van der Waals surface area contributed by atoms with Crippen LogP contribution in [0.25, 0.3) is 0 Å². The molecule has 0 atom stereocenters. The van der Waals surface area contributed by atoms with Gasteiger partial charge in [0.15, 0.2) is 11.0 Å². The number of thioether (sulfide) groups is 1. The quantitative estimate of drug-likeness (QED) is 0.610. The Balaban J connectivity index is 2.10. The smallest absolute Gasteiger partial charge is 0.191 e. The monoisotopic (exact) mass is 279 g/mol. The van der Waals surface area contributed by atoms with Crippen LogP contribution in [-0.4, -0.2) is 37.5 Å². The minimum atomic E-state index is 0.576. The number of aromatic nitrogens is 5. The number of nitrogens with one attached hydrogen (secondary N) is 2. The molecule has 2 rings (SSSR count). The molecule has 7 nitrogen and oxygen atoms in total. The fraction of sp³-hybridized carbons (Fsp3) is 0.455. The fourth-order valence-corrected chi connectivity index (χ4v) is 1.89. The van der Waals surface area contributed by atoms with Crippen molar-refractivity contribution < 1.29 is 0 Å². The maximum atomic E-state index is 4.41. The van der Waals surface area contributed by atoms with Crippen LogP contribution >= 0.6 is 11.8 Å². The molecule has 0 fully saturated rings. The Kier molecular flexibility index (Phi) is 4.56. The van der Waals surface area contributed by atoms with Crippen molar-refractivity contribution in [3.63, 3.8) is 0 Å². The molecule has 0 aliphatic rings. The van der Waals surface area contributed by atoms with Gasteiger partial charge >= 0.3 is 0 Å². The third kappa shape index (κ3) is 3.57. The summed E-state index contributed by atoms with van der Waals surface area (Å²) in [5.41, 5.74) is 0. The van der Waals surface area contributed by atoms with Crippen LogP contribution in [0.4, 0.5) is 11.6 Å². The van der Waals surface area contributed by atoms with Gasteiger partial charge in [-0.05, 0) is 13.2 Å². The highest BCUT2D eigenvalue weighted by atomic mass is 32.2. The average Bonchev–Trinajstić information content (AvgIpc) is 2.82. The van der Waals surface area contributed by atoms with Gasteiger partial charge < -0.3 is 15.2 Å². The van der Waals surface area contributed by atoms with Crippen LogP contribution < -0.4 is 10.6 Å². The lowest BCUT2D eigenvalue weighted by atomic mass is 10.5. The minimum Gasteiger partial charge on any atom is -0.370 e. The van der Waals surface area contributed by atoms with Crippen LogP contribution in [-0.2, 0) is 13.6 Å². The second-order valence-corrected chi connectivity index (χ2v) is 4.64. The molecule has 2 heterocycles. The van der Waals surface area contributed by atoms with Gasteiger partial charge in [0, 0.05) is 19.7 Å². The minimum absolute atomic E-state index is 0.576. The summed E-state index contributed by atoms with van der Waals surface area (Å²) in [5, 5.41) is 15.0. The zero-order chi connectivity index (χ0) is 13.7. The van der Waals surface area contributed by atoms with Crippen molar-refractivity contribution in [2.24, 2.45) is 7.05 Å². The van der Waals surface area contributed by atoms with Crippen LogP contribution in [0.5, 0.6) is 0 Å². The molecule has 0 radical (unpaired) electrons. The summed E-state index contributed by atoms with van der Waals surface area (Å²) < 4.78 is 1.87. The number of hydrogen-bond donors (Lipinski definition) is 2. The lowest BCUT2D eigenvalue weighted by Crippen LogP contribution is -2.09. The van der Waals surface area contributed by atoms with Gasteiger partial charge in [-0.2, -0.15) is 0 Å². The molecule has 0 aliphatic heterocycles. The van der Waals surface area contributed by atoms with Crippen molar-refractivity contribution in [2.45, 2.75) is 18.6 Å². The van der Waals surface area contributed by atoms with E-state index in [-0.39, 0.29) is 0 Å². The summed E-state index contributed by atoms with van der Waals surface area (Å²) in [4.78, 5) is 8.78. The highest BCUT2D eigenvalue weighted by molar-refractivity contribution is 7.98. The van der Waals surface area contributed by atoms with Gasteiger partial charge in [-0.3, -0.25) is 0 Å². The second-order valence-electron chi connectivity index (χ2n) is 3.87. The Morgan fingerprint density at radius 2 is 2.00 bits per heavy atom. The maximum absolute atomic E-state index is 4.41. The molecule has 0 aromatic carbocycles. The SMILES string of the molecule is CCNc1cc(NCc2nncn2C)nc(SC)n1. The lowest BCUT2D eigenvalue weighted by molar-refractivity contribution is 0.807. The molecule has 0 aliphatic carbocycles. The lowest BCUT2D eigenvalue weighted by Gasteiger charge is -2.09. The van der Waals surface area contributed by atoms with Crippen LogP contribution in [0.15, 0.2) is 17.6 Å². The summed E-state index contributed by atoms with van der Waals surface area (Å²) in [5.74, 6) is 2.45. The fourth-order valence-electron chi connectivity index (χ4n) is 1.52. The van der Waals surface area contributed by atoms with Crippen molar-refractivity contribution in [1.82, 2.24) is 24.7 Å². The molecule has 2 aromatic heterocycles. The van der Waals surface area contributed by atoms with E-state index in [1.807, 2.05) is 30.9 Å². The van der Waals surface area contributed by atoms with Crippen molar-refractivity contribution in [3.8, 4) is 0 Å². The first-order valence-corrected chi connectivity index (χ1v) is 7.19. The average molecular weight is 279 g/mol. The number of nitrogens with zero attached hydrogens (tertiary/aromatic N) is 5. The molecule has 102 valence electrons. The zero-order valence-electron chi connectivity index (χ0n) is 11.2. The molecule has 19 heavy (non-hydrogen) atoms. The molecule has 0 saturated heterocycles. The molecule has 0 spiro atoms. The highest BCUT2D eigenvalue weighted by Crippen LogP contribution is 2.17. The Morgan fingerprint density at radius 1 is 1.26 bits per heavy atom. The van der Waals surface area contributed by atoms with E-state index < -0.39 is 0 Å².